The van der Waals surface area contributed by atoms with Crippen molar-refractivity contribution in [3.05, 3.63) is 39.5 Å². The van der Waals surface area contributed by atoms with E-state index in [9.17, 15) is 5.26 Å². The highest BCUT2D eigenvalue weighted by atomic mass is 32.1. The zero-order valence-corrected chi connectivity index (χ0v) is 15.0. The second kappa shape index (κ2) is 5.78. The molecule has 0 atom stereocenters. The highest BCUT2D eigenvalue weighted by Crippen LogP contribution is 2.32. The van der Waals surface area contributed by atoms with Crippen molar-refractivity contribution in [1.82, 2.24) is 14.6 Å². The van der Waals surface area contributed by atoms with Gasteiger partial charge in [0.2, 0.25) is 4.96 Å². The molecule has 4 nitrogen and oxygen atoms in total. The molecule has 2 heterocycles. The number of nitrogens with zero attached hydrogens (tertiary/aromatic N) is 4. The monoisotopic (exact) mass is 324 g/mol. The van der Waals surface area contributed by atoms with E-state index in [4.69, 9.17) is 4.98 Å². The summed E-state index contributed by atoms with van der Waals surface area (Å²) in [5.74, 6) is 0.539. The van der Waals surface area contributed by atoms with Crippen LogP contribution in [0.15, 0.2) is 12.1 Å². The van der Waals surface area contributed by atoms with E-state index in [-0.39, 0.29) is 0 Å². The maximum Gasteiger partial charge on any atom is 0.214 e. The van der Waals surface area contributed by atoms with Crippen LogP contribution in [0, 0.1) is 38.0 Å². The standard InChI is InChI=1S/C18H20N4S/c1-10(2)6-15-21-22-14(9-19)17(20-18(22)23-15)16-12(4)7-11(3)8-13(16)5/h7-8,10H,6H2,1-5H3. The van der Waals surface area contributed by atoms with Crippen LogP contribution in [0.4, 0.5) is 0 Å². The summed E-state index contributed by atoms with van der Waals surface area (Å²) in [6.07, 6.45) is 0.914. The number of rotatable bonds is 3. The Morgan fingerprint density at radius 3 is 2.43 bits per heavy atom. The minimum Gasteiger partial charge on any atom is -0.216 e. The Balaban J connectivity index is 2.20. The summed E-state index contributed by atoms with van der Waals surface area (Å²) in [6.45, 7) is 10.6. The number of benzene rings is 1. The lowest BCUT2D eigenvalue weighted by atomic mass is 9.96. The topological polar surface area (TPSA) is 54.0 Å². The van der Waals surface area contributed by atoms with E-state index in [2.05, 4.69) is 57.9 Å². The fraction of sp³-hybridized carbons (Fsp3) is 0.389. The molecule has 0 radical (unpaired) electrons. The van der Waals surface area contributed by atoms with Crippen LogP contribution in [0.3, 0.4) is 0 Å². The van der Waals surface area contributed by atoms with Crippen molar-refractivity contribution in [1.29, 1.82) is 5.26 Å². The third-order valence-corrected chi connectivity index (χ3v) is 4.78. The van der Waals surface area contributed by atoms with E-state index in [1.165, 1.54) is 5.56 Å². The Labute approximate surface area is 140 Å². The van der Waals surface area contributed by atoms with Gasteiger partial charge in [0.1, 0.15) is 16.8 Å². The molecule has 1 aromatic carbocycles. The van der Waals surface area contributed by atoms with Gasteiger partial charge in [0.05, 0.1) is 0 Å². The number of imidazole rings is 1. The smallest absolute Gasteiger partial charge is 0.214 e. The largest absolute Gasteiger partial charge is 0.216 e. The van der Waals surface area contributed by atoms with Gasteiger partial charge in [-0.25, -0.2) is 4.98 Å². The van der Waals surface area contributed by atoms with Crippen molar-refractivity contribution < 1.29 is 0 Å². The molecule has 0 saturated carbocycles. The molecule has 5 heteroatoms. The van der Waals surface area contributed by atoms with Gasteiger partial charge in [0, 0.05) is 12.0 Å². The number of hydrogen-bond donors (Lipinski definition) is 0. The van der Waals surface area contributed by atoms with Crippen LogP contribution < -0.4 is 0 Å². The normalized spacial score (nSPS) is 11.3. The van der Waals surface area contributed by atoms with E-state index in [0.29, 0.717) is 11.6 Å². The molecule has 3 aromatic rings. The number of aryl methyl sites for hydroxylation is 3. The average Bonchev–Trinajstić information content (AvgIpc) is 2.93. The lowest BCUT2D eigenvalue weighted by Gasteiger charge is -2.09. The summed E-state index contributed by atoms with van der Waals surface area (Å²) in [4.78, 5) is 5.53. The minimum absolute atomic E-state index is 0.529. The summed E-state index contributed by atoms with van der Waals surface area (Å²) in [7, 11) is 0. The summed E-state index contributed by atoms with van der Waals surface area (Å²) in [5.41, 5.74) is 5.84. The van der Waals surface area contributed by atoms with Gasteiger partial charge in [-0.15, -0.1) is 0 Å². The molecule has 118 valence electrons. The van der Waals surface area contributed by atoms with E-state index in [0.717, 1.165) is 38.8 Å². The highest BCUT2D eigenvalue weighted by Gasteiger charge is 2.20. The van der Waals surface area contributed by atoms with Gasteiger partial charge in [-0.2, -0.15) is 14.9 Å². The molecule has 0 bridgehead atoms. The van der Waals surface area contributed by atoms with Crippen molar-refractivity contribution in [2.75, 3.05) is 0 Å². The second-order valence-electron chi connectivity index (χ2n) is 6.48. The first-order valence-corrected chi connectivity index (χ1v) is 8.59. The fourth-order valence-corrected chi connectivity index (χ4v) is 4.15. The van der Waals surface area contributed by atoms with Crippen molar-refractivity contribution in [3.63, 3.8) is 0 Å². The van der Waals surface area contributed by atoms with Crippen LogP contribution in [0.2, 0.25) is 0 Å². The third-order valence-electron chi connectivity index (χ3n) is 3.85. The molecule has 0 saturated heterocycles. The molecule has 23 heavy (non-hydrogen) atoms. The van der Waals surface area contributed by atoms with Gasteiger partial charge in [-0.3, -0.25) is 0 Å². The van der Waals surface area contributed by atoms with Crippen molar-refractivity contribution in [3.8, 4) is 17.3 Å². The maximum absolute atomic E-state index is 9.65. The van der Waals surface area contributed by atoms with Gasteiger partial charge in [0.25, 0.3) is 0 Å². The fourth-order valence-electron chi connectivity index (χ4n) is 3.05. The molecular weight excluding hydrogens is 304 g/mol. The number of nitriles is 1. The Morgan fingerprint density at radius 2 is 1.87 bits per heavy atom. The molecule has 0 amide bonds. The first-order valence-electron chi connectivity index (χ1n) is 7.77. The predicted molar refractivity (Wildman–Crippen MR) is 93.8 cm³/mol. The Hall–Kier alpha value is -2.19. The second-order valence-corrected chi connectivity index (χ2v) is 7.52. The molecule has 0 aliphatic heterocycles. The molecule has 0 aliphatic rings. The van der Waals surface area contributed by atoms with Crippen LogP contribution in [0.5, 0.6) is 0 Å². The Bertz CT molecular complexity index is 902. The van der Waals surface area contributed by atoms with Crippen LogP contribution in [-0.4, -0.2) is 14.6 Å². The van der Waals surface area contributed by atoms with Crippen molar-refractivity contribution >= 4 is 16.3 Å². The number of aromatic nitrogens is 3. The van der Waals surface area contributed by atoms with Gasteiger partial charge in [-0.05, 0) is 37.8 Å². The predicted octanol–water partition coefficient (Wildman–Crippen LogP) is 4.45. The lowest BCUT2D eigenvalue weighted by molar-refractivity contribution is 0.636. The lowest BCUT2D eigenvalue weighted by Crippen LogP contribution is -1.98. The summed E-state index contributed by atoms with van der Waals surface area (Å²) < 4.78 is 1.70. The van der Waals surface area contributed by atoms with Gasteiger partial charge in [0.15, 0.2) is 5.69 Å². The Kier molecular flexibility index (Phi) is 3.95. The summed E-state index contributed by atoms with van der Waals surface area (Å²) in [5, 5.41) is 15.3. The van der Waals surface area contributed by atoms with Crippen LogP contribution >= 0.6 is 11.3 Å². The molecule has 0 N–H and O–H groups in total. The van der Waals surface area contributed by atoms with E-state index in [1.54, 1.807) is 15.9 Å². The van der Waals surface area contributed by atoms with Gasteiger partial charge < -0.3 is 0 Å². The van der Waals surface area contributed by atoms with E-state index in [1.807, 2.05) is 0 Å². The minimum atomic E-state index is 0.529. The average molecular weight is 324 g/mol. The van der Waals surface area contributed by atoms with Crippen LogP contribution in [0.25, 0.3) is 16.2 Å². The van der Waals surface area contributed by atoms with Crippen LogP contribution in [-0.2, 0) is 6.42 Å². The quantitative estimate of drug-likeness (QED) is 0.715. The first kappa shape index (κ1) is 15.7. The molecule has 0 aliphatic carbocycles. The van der Waals surface area contributed by atoms with Crippen molar-refractivity contribution in [2.24, 2.45) is 5.92 Å². The zero-order chi connectivity index (χ0) is 16.7. The summed E-state index contributed by atoms with van der Waals surface area (Å²) >= 11 is 1.58. The maximum atomic E-state index is 9.65. The van der Waals surface area contributed by atoms with Gasteiger partial charge in [-0.1, -0.05) is 42.9 Å². The van der Waals surface area contributed by atoms with Crippen molar-refractivity contribution in [2.45, 2.75) is 41.0 Å². The molecule has 2 aromatic heterocycles. The zero-order valence-electron chi connectivity index (χ0n) is 14.1. The summed E-state index contributed by atoms with van der Waals surface area (Å²) in [6, 6.07) is 6.56. The molecule has 0 fully saturated rings. The van der Waals surface area contributed by atoms with E-state index >= 15 is 0 Å². The van der Waals surface area contributed by atoms with Gasteiger partial charge >= 0.3 is 0 Å². The molecule has 0 unspecified atom stereocenters. The SMILES string of the molecule is Cc1cc(C)c(-c2nc3sc(CC(C)C)nn3c2C#N)c(C)c1. The molecule has 3 rings (SSSR count). The highest BCUT2D eigenvalue weighted by molar-refractivity contribution is 7.16. The number of fused-ring (bicyclic) bond motifs is 1. The number of hydrogen-bond acceptors (Lipinski definition) is 4. The van der Waals surface area contributed by atoms with Crippen LogP contribution in [0.1, 0.15) is 41.2 Å². The van der Waals surface area contributed by atoms with E-state index < -0.39 is 0 Å². The Morgan fingerprint density at radius 1 is 1.22 bits per heavy atom. The first-order chi connectivity index (χ1) is 10.9. The molecule has 0 spiro atoms. The molecular formula is C18H20N4S. The third kappa shape index (κ3) is 2.75.